The van der Waals surface area contributed by atoms with Gasteiger partial charge >= 0.3 is 5.69 Å². The Morgan fingerprint density at radius 3 is 2.44 bits per heavy atom. The molecule has 5 heteroatoms. The second-order valence-electron chi connectivity index (χ2n) is 4.00. The highest BCUT2D eigenvalue weighted by atomic mass is 16.5. The number of rotatable bonds is 6. The third-order valence-electron chi connectivity index (χ3n) is 2.94. The fourth-order valence-electron chi connectivity index (χ4n) is 2.12. The second-order valence-corrected chi connectivity index (χ2v) is 4.00. The van der Waals surface area contributed by atoms with Crippen molar-refractivity contribution < 1.29 is 9.84 Å². The molecule has 1 N–H and O–H groups in total. The number of hydrogen-bond donors (Lipinski definition) is 1. The molecular weight excluding hydrogens is 232 g/mol. The summed E-state index contributed by atoms with van der Waals surface area (Å²) in [6.45, 7) is 3.86. The lowest BCUT2D eigenvalue weighted by Crippen LogP contribution is -2.25. The first-order valence-electron chi connectivity index (χ1n) is 6.16. The van der Waals surface area contributed by atoms with Crippen molar-refractivity contribution in [1.29, 1.82) is 0 Å². The van der Waals surface area contributed by atoms with Crippen molar-refractivity contribution in [3.05, 3.63) is 34.7 Å². The molecule has 1 heterocycles. The van der Waals surface area contributed by atoms with Crippen LogP contribution in [0, 0.1) is 0 Å². The van der Waals surface area contributed by atoms with Gasteiger partial charge in [0.2, 0.25) is 0 Å². The van der Waals surface area contributed by atoms with Gasteiger partial charge in [0.15, 0.2) is 0 Å². The van der Waals surface area contributed by atoms with Crippen LogP contribution in [0.25, 0.3) is 11.0 Å². The Morgan fingerprint density at radius 1 is 1.17 bits per heavy atom. The van der Waals surface area contributed by atoms with Crippen molar-refractivity contribution in [3.8, 4) is 0 Å². The summed E-state index contributed by atoms with van der Waals surface area (Å²) in [5.74, 6) is 0. The maximum absolute atomic E-state index is 12.2. The van der Waals surface area contributed by atoms with Gasteiger partial charge in [-0.25, -0.2) is 4.79 Å². The summed E-state index contributed by atoms with van der Waals surface area (Å²) < 4.78 is 8.68. The number of aliphatic hydroxyl groups excluding tert-OH is 1. The smallest absolute Gasteiger partial charge is 0.329 e. The van der Waals surface area contributed by atoms with Crippen LogP contribution < -0.4 is 5.69 Å². The lowest BCUT2D eigenvalue weighted by molar-refractivity contribution is 0.0870. The Balaban J connectivity index is 2.32. The summed E-state index contributed by atoms with van der Waals surface area (Å²) in [7, 11) is 0. The largest absolute Gasteiger partial charge is 0.394 e. The fourth-order valence-corrected chi connectivity index (χ4v) is 2.12. The SMILES string of the molecule is CCn1c(=O)n(CCOCCO)c2ccccc21. The monoisotopic (exact) mass is 250 g/mol. The number of aryl methyl sites for hydroxylation is 1. The van der Waals surface area contributed by atoms with Gasteiger partial charge in [0.25, 0.3) is 0 Å². The van der Waals surface area contributed by atoms with Crippen LogP contribution in [-0.2, 0) is 17.8 Å². The standard InChI is InChI=1S/C13H18N2O3/c1-2-14-11-5-3-4-6-12(11)15(13(14)17)7-9-18-10-8-16/h3-6,16H,2,7-10H2,1H3. The van der Waals surface area contributed by atoms with Crippen LogP contribution in [-0.4, -0.2) is 34.1 Å². The van der Waals surface area contributed by atoms with Crippen molar-refractivity contribution in [3.63, 3.8) is 0 Å². The maximum Gasteiger partial charge on any atom is 0.329 e. The molecule has 5 nitrogen and oxygen atoms in total. The van der Waals surface area contributed by atoms with E-state index < -0.39 is 0 Å². The zero-order valence-electron chi connectivity index (χ0n) is 10.5. The number of imidazole rings is 1. The van der Waals surface area contributed by atoms with Gasteiger partial charge in [0, 0.05) is 6.54 Å². The quantitative estimate of drug-likeness (QED) is 0.773. The maximum atomic E-state index is 12.2. The van der Waals surface area contributed by atoms with E-state index >= 15 is 0 Å². The molecule has 0 spiro atoms. The normalized spacial score (nSPS) is 11.2. The lowest BCUT2D eigenvalue weighted by atomic mass is 10.3. The Labute approximate surface area is 105 Å². The van der Waals surface area contributed by atoms with Crippen LogP contribution in [0.4, 0.5) is 0 Å². The molecule has 98 valence electrons. The number of para-hydroxylation sites is 2. The van der Waals surface area contributed by atoms with Crippen LogP contribution in [0.15, 0.2) is 29.1 Å². The lowest BCUT2D eigenvalue weighted by Gasteiger charge is -2.03. The molecule has 0 radical (unpaired) electrons. The van der Waals surface area contributed by atoms with Gasteiger partial charge in [0.05, 0.1) is 37.4 Å². The number of aliphatic hydroxyl groups is 1. The molecule has 0 bridgehead atoms. The average molecular weight is 250 g/mol. The number of fused-ring (bicyclic) bond motifs is 1. The molecular formula is C13H18N2O3. The highest BCUT2D eigenvalue weighted by Crippen LogP contribution is 2.12. The van der Waals surface area contributed by atoms with Crippen molar-refractivity contribution in [1.82, 2.24) is 9.13 Å². The highest BCUT2D eigenvalue weighted by molar-refractivity contribution is 5.75. The van der Waals surface area contributed by atoms with Gasteiger partial charge in [0.1, 0.15) is 0 Å². The minimum absolute atomic E-state index is 0.00557. The van der Waals surface area contributed by atoms with E-state index in [1.807, 2.05) is 31.2 Å². The van der Waals surface area contributed by atoms with E-state index in [1.165, 1.54) is 0 Å². The van der Waals surface area contributed by atoms with E-state index in [9.17, 15) is 4.79 Å². The van der Waals surface area contributed by atoms with E-state index in [0.717, 1.165) is 11.0 Å². The first-order chi connectivity index (χ1) is 8.79. The minimum Gasteiger partial charge on any atom is -0.394 e. The molecule has 0 aliphatic rings. The third-order valence-corrected chi connectivity index (χ3v) is 2.94. The topological polar surface area (TPSA) is 56.4 Å². The summed E-state index contributed by atoms with van der Waals surface area (Å²) in [5, 5.41) is 8.63. The van der Waals surface area contributed by atoms with Gasteiger partial charge in [-0.05, 0) is 19.1 Å². The Hall–Kier alpha value is -1.59. The Bertz CT molecular complexity index is 571. The zero-order chi connectivity index (χ0) is 13.0. The average Bonchev–Trinajstić information content (AvgIpc) is 2.67. The summed E-state index contributed by atoms with van der Waals surface area (Å²) in [6, 6.07) is 7.74. The molecule has 0 saturated heterocycles. The van der Waals surface area contributed by atoms with Crippen LogP contribution in [0.3, 0.4) is 0 Å². The van der Waals surface area contributed by atoms with E-state index in [0.29, 0.717) is 26.3 Å². The fraction of sp³-hybridized carbons (Fsp3) is 0.462. The Morgan fingerprint density at radius 2 is 1.83 bits per heavy atom. The van der Waals surface area contributed by atoms with Crippen molar-refractivity contribution >= 4 is 11.0 Å². The predicted octanol–water partition coefficient (Wildman–Crippen LogP) is 0.832. The van der Waals surface area contributed by atoms with Crippen LogP contribution >= 0.6 is 0 Å². The van der Waals surface area contributed by atoms with Gasteiger partial charge in [-0.1, -0.05) is 12.1 Å². The molecule has 1 aromatic heterocycles. The number of hydrogen-bond acceptors (Lipinski definition) is 3. The predicted molar refractivity (Wildman–Crippen MR) is 69.8 cm³/mol. The van der Waals surface area contributed by atoms with Gasteiger partial charge < -0.3 is 9.84 Å². The number of aromatic nitrogens is 2. The molecule has 0 amide bonds. The van der Waals surface area contributed by atoms with Crippen molar-refractivity contribution in [2.45, 2.75) is 20.0 Å². The first kappa shape index (κ1) is 12.9. The minimum atomic E-state index is -0.00806. The van der Waals surface area contributed by atoms with Gasteiger partial charge in [-0.3, -0.25) is 9.13 Å². The first-order valence-corrected chi connectivity index (χ1v) is 6.16. The van der Waals surface area contributed by atoms with E-state index in [4.69, 9.17) is 9.84 Å². The Kier molecular flexibility index (Phi) is 4.17. The molecule has 0 fully saturated rings. The van der Waals surface area contributed by atoms with E-state index in [1.54, 1.807) is 9.13 Å². The number of nitrogens with zero attached hydrogens (tertiary/aromatic N) is 2. The van der Waals surface area contributed by atoms with Crippen molar-refractivity contribution in [2.24, 2.45) is 0 Å². The summed E-state index contributed by atoms with van der Waals surface area (Å²) >= 11 is 0. The van der Waals surface area contributed by atoms with E-state index in [2.05, 4.69) is 0 Å². The summed E-state index contributed by atoms with van der Waals surface area (Å²) in [6.07, 6.45) is 0. The van der Waals surface area contributed by atoms with Crippen LogP contribution in [0.2, 0.25) is 0 Å². The second kappa shape index (κ2) is 5.84. The number of ether oxygens (including phenoxy) is 1. The molecule has 0 atom stereocenters. The van der Waals surface area contributed by atoms with Gasteiger partial charge in [-0.2, -0.15) is 0 Å². The molecule has 2 rings (SSSR count). The molecule has 1 aromatic carbocycles. The van der Waals surface area contributed by atoms with Crippen LogP contribution in [0.1, 0.15) is 6.92 Å². The summed E-state index contributed by atoms with van der Waals surface area (Å²) in [5.41, 5.74) is 1.87. The molecule has 18 heavy (non-hydrogen) atoms. The molecule has 0 saturated carbocycles. The molecule has 2 aromatic rings. The van der Waals surface area contributed by atoms with E-state index in [-0.39, 0.29) is 12.3 Å². The van der Waals surface area contributed by atoms with Crippen molar-refractivity contribution in [2.75, 3.05) is 19.8 Å². The molecule has 0 unspecified atom stereocenters. The zero-order valence-corrected chi connectivity index (χ0v) is 10.5. The molecule has 0 aliphatic heterocycles. The third kappa shape index (κ3) is 2.32. The van der Waals surface area contributed by atoms with Gasteiger partial charge in [-0.15, -0.1) is 0 Å². The summed E-state index contributed by atoms with van der Waals surface area (Å²) in [4.78, 5) is 12.2. The molecule has 0 aliphatic carbocycles. The highest BCUT2D eigenvalue weighted by Gasteiger charge is 2.10. The van der Waals surface area contributed by atoms with Crippen LogP contribution in [0.5, 0.6) is 0 Å². The number of benzene rings is 1.